The molecule has 4 aliphatic heterocycles. The highest BCUT2D eigenvalue weighted by molar-refractivity contribution is 5.53. The lowest BCUT2D eigenvalue weighted by Gasteiger charge is -2.35. The van der Waals surface area contributed by atoms with Crippen molar-refractivity contribution in [3.05, 3.63) is 65.2 Å². The molecule has 0 saturated carbocycles. The van der Waals surface area contributed by atoms with Crippen LogP contribution in [0.1, 0.15) is 28.7 Å². The molecule has 2 fully saturated rings. The summed E-state index contributed by atoms with van der Waals surface area (Å²) in [6.07, 6.45) is -1.06. The normalized spacial score (nSPS) is 28.2. The smallest absolute Gasteiger partial charge is 0.232 e. The maximum absolute atomic E-state index is 11.9. The Kier molecular flexibility index (Phi) is 7.57. The van der Waals surface area contributed by atoms with E-state index in [1.54, 1.807) is 46.6 Å². The van der Waals surface area contributed by atoms with Gasteiger partial charge < -0.3 is 52.5 Å². The van der Waals surface area contributed by atoms with E-state index in [0.29, 0.717) is 36.0 Å². The van der Waals surface area contributed by atoms with Crippen molar-refractivity contribution in [2.75, 3.05) is 55.1 Å². The Morgan fingerprint density at radius 3 is 2.39 bits per heavy atom. The first-order valence-electron chi connectivity index (χ1n) is 14.6. The molecule has 6 atom stereocenters. The van der Waals surface area contributed by atoms with Gasteiger partial charge in [0.1, 0.15) is 17.6 Å². The molecule has 7 rings (SSSR count). The summed E-state index contributed by atoms with van der Waals surface area (Å²) in [6, 6.07) is 15.3. The molecule has 0 unspecified atom stereocenters. The molecule has 0 amide bonds. The summed E-state index contributed by atoms with van der Waals surface area (Å²) >= 11 is 0. The number of ether oxygens (including phenoxy) is 10. The number of fused-ring (bicyclic) bond motifs is 3. The van der Waals surface area contributed by atoms with Crippen LogP contribution in [0.25, 0.3) is 0 Å². The number of hydrogen-bond donors (Lipinski definition) is 1. The van der Waals surface area contributed by atoms with Gasteiger partial charge in [0.15, 0.2) is 28.6 Å². The molecular weight excluding hydrogens is 572 g/mol. The molecule has 11 nitrogen and oxygen atoms in total. The van der Waals surface area contributed by atoms with Crippen LogP contribution < -0.4 is 33.2 Å². The third-order valence-corrected chi connectivity index (χ3v) is 8.99. The Balaban J connectivity index is 1.17. The van der Waals surface area contributed by atoms with E-state index in [1.807, 2.05) is 30.3 Å². The highest BCUT2D eigenvalue weighted by Crippen LogP contribution is 2.53. The van der Waals surface area contributed by atoms with E-state index >= 15 is 0 Å². The summed E-state index contributed by atoms with van der Waals surface area (Å²) in [5.74, 6) is 3.71. The average molecular weight is 609 g/mol. The first-order chi connectivity index (χ1) is 21.5. The second-order valence-corrected chi connectivity index (χ2v) is 11.3. The monoisotopic (exact) mass is 608 g/mol. The molecule has 11 heteroatoms. The third kappa shape index (κ3) is 4.75. The van der Waals surface area contributed by atoms with Crippen molar-refractivity contribution >= 4 is 0 Å². The predicted octanol–water partition coefficient (Wildman–Crippen LogP) is 4.03. The molecule has 44 heavy (non-hydrogen) atoms. The van der Waals surface area contributed by atoms with Crippen LogP contribution in [0.15, 0.2) is 48.5 Å². The fourth-order valence-corrected chi connectivity index (χ4v) is 6.69. The number of aliphatic hydroxyl groups is 1. The Hall–Kier alpha value is -3.90. The molecule has 0 aliphatic carbocycles. The number of para-hydroxylation sites is 1. The standard InChI is InChI=1S/C33H36O11/c1-35-15-29-20(18-8-9-23-28(11-18)42-17-41-23)10-19-12-27(38-4)21(13-26(19)43-29)30-22-14-39-32(33(22,34)16-40-30)44-31-24(36-2)6-5-7-25(31)37-3/h5-9,11-13,20,22,29-30,32,34H,10,14-17H2,1-4H3/t20-,22-,29-,30-,32-,33-/m0/s1. The van der Waals surface area contributed by atoms with Gasteiger partial charge in [0, 0.05) is 18.6 Å². The van der Waals surface area contributed by atoms with Crippen LogP contribution in [0.4, 0.5) is 0 Å². The van der Waals surface area contributed by atoms with Crippen molar-refractivity contribution in [1.82, 2.24) is 0 Å². The van der Waals surface area contributed by atoms with E-state index in [4.69, 9.17) is 47.4 Å². The van der Waals surface area contributed by atoms with Gasteiger partial charge in [-0.2, -0.15) is 0 Å². The lowest BCUT2D eigenvalue weighted by atomic mass is 9.82. The van der Waals surface area contributed by atoms with Crippen LogP contribution in [-0.2, 0) is 20.6 Å². The summed E-state index contributed by atoms with van der Waals surface area (Å²) < 4.78 is 58.6. The van der Waals surface area contributed by atoms with Crippen molar-refractivity contribution < 1.29 is 52.5 Å². The van der Waals surface area contributed by atoms with Crippen LogP contribution in [0.5, 0.6) is 40.2 Å². The van der Waals surface area contributed by atoms with Gasteiger partial charge in [-0.05, 0) is 53.9 Å². The Bertz CT molecular complexity index is 1500. The van der Waals surface area contributed by atoms with E-state index in [-0.39, 0.29) is 32.0 Å². The van der Waals surface area contributed by atoms with E-state index in [9.17, 15) is 5.11 Å². The molecule has 0 spiro atoms. The second-order valence-electron chi connectivity index (χ2n) is 11.3. The fraction of sp³-hybridized carbons (Fsp3) is 0.455. The highest BCUT2D eigenvalue weighted by Gasteiger charge is 2.61. The van der Waals surface area contributed by atoms with Crippen LogP contribution in [0.3, 0.4) is 0 Å². The summed E-state index contributed by atoms with van der Waals surface area (Å²) in [5, 5.41) is 11.9. The SMILES string of the molecule is COC[C@@H]1Oc2cc([C@@H]3OC[C@@]4(O)[C@H](Oc5c(OC)cccc5OC)OC[C@@H]34)c(OC)cc2C[C@H]1c1ccc2c(c1)OCO2. The van der Waals surface area contributed by atoms with Crippen LogP contribution in [-0.4, -0.2) is 78.2 Å². The summed E-state index contributed by atoms with van der Waals surface area (Å²) in [5.41, 5.74) is 1.42. The number of hydrogen-bond acceptors (Lipinski definition) is 11. The van der Waals surface area contributed by atoms with Crippen molar-refractivity contribution in [1.29, 1.82) is 0 Å². The second kappa shape index (κ2) is 11.6. The van der Waals surface area contributed by atoms with Crippen molar-refractivity contribution in [2.24, 2.45) is 5.92 Å². The van der Waals surface area contributed by atoms with Crippen LogP contribution in [0.2, 0.25) is 0 Å². The van der Waals surface area contributed by atoms with Crippen molar-refractivity contribution in [3.8, 4) is 40.2 Å². The first kappa shape index (κ1) is 28.8. The van der Waals surface area contributed by atoms with Crippen molar-refractivity contribution in [3.63, 3.8) is 0 Å². The van der Waals surface area contributed by atoms with Crippen LogP contribution in [0, 0.1) is 5.92 Å². The van der Waals surface area contributed by atoms with Gasteiger partial charge in [-0.1, -0.05) is 12.1 Å². The fourth-order valence-electron chi connectivity index (χ4n) is 6.69. The zero-order chi connectivity index (χ0) is 30.4. The van der Waals surface area contributed by atoms with E-state index in [2.05, 4.69) is 0 Å². The maximum atomic E-state index is 11.9. The molecule has 3 aromatic rings. The van der Waals surface area contributed by atoms with Crippen molar-refractivity contribution in [2.45, 2.75) is 36.4 Å². The topological polar surface area (TPSA) is 113 Å². The van der Waals surface area contributed by atoms with Gasteiger partial charge in [0.2, 0.25) is 18.8 Å². The molecule has 0 radical (unpaired) electrons. The molecule has 4 aliphatic rings. The van der Waals surface area contributed by atoms with E-state index < -0.39 is 23.9 Å². The van der Waals surface area contributed by atoms with Gasteiger partial charge in [0.05, 0.1) is 53.2 Å². The molecule has 2 saturated heterocycles. The minimum atomic E-state index is -1.43. The van der Waals surface area contributed by atoms with Gasteiger partial charge in [0.25, 0.3) is 0 Å². The molecule has 3 aromatic carbocycles. The summed E-state index contributed by atoms with van der Waals surface area (Å²) in [6.45, 7) is 0.838. The number of benzene rings is 3. The zero-order valence-corrected chi connectivity index (χ0v) is 25.1. The number of rotatable bonds is 9. The van der Waals surface area contributed by atoms with E-state index in [0.717, 1.165) is 33.9 Å². The van der Waals surface area contributed by atoms with Crippen LogP contribution >= 0.6 is 0 Å². The lowest BCUT2D eigenvalue weighted by Crippen LogP contribution is -2.47. The van der Waals surface area contributed by atoms with Gasteiger partial charge in [-0.25, -0.2) is 0 Å². The van der Waals surface area contributed by atoms with Gasteiger partial charge in [-0.3, -0.25) is 0 Å². The molecule has 0 bridgehead atoms. The molecule has 4 heterocycles. The maximum Gasteiger partial charge on any atom is 0.232 e. The predicted molar refractivity (Wildman–Crippen MR) is 155 cm³/mol. The van der Waals surface area contributed by atoms with Gasteiger partial charge >= 0.3 is 0 Å². The molecule has 0 aromatic heterocycles. The Morgan fingerprint density at radius 1 is 0.864 bits per heavy atom. The Morgan fingerprint density at radius 2 is 1.64 bits per heavy atom. The minimum Gasteiger partial charge on any atom is -0.496 e. The number of methoxy groups -OCH3 is 4. The average Bonchev–Trinajstić information content (AvgIpc) is 3.74. The highest BCUT2D eigenvalue weighted by atomic mass is 16.7. The lowest BCUT2D eigenvalue weighted by molar-refractivity contribution is -0.153. The molecule has 234 valence electrons. The summed E-state index contributed by atoms with van der Waals surface area (Å²) in [4.78, 5) is 0. The Labute approximate surface area is 255 Å². The van der Waals surface area contributed by atoms with E-state index in [1.165, 1.54) is 0 Å². The minimum absolute atomic E-state index is 0.00402. The largest absolute Gasteiger partial charge is 0.496 e. The van der Waals surface area contributed by atoms with Gasteiger partial charge in [-0.15, -0.1) is 0 Å². The summed E-state index contributed by atoms with van der Waals surface area (Å²) in [7, 11) is 6.39. The quantitative estimate of drug-likeness (QED) is 0.380. The third-order valence-electron chi connectivity index (χ3n) is 8.99. The molecule has 1 N–H and O–H groups in total. The first-order valence-corrected chi connectivity index (χ1v) is 14.6. The zero-order valence-electron chi connectivity index (χ0n) is 25.1. The molecular formula is C33H36O11.